The van der Waals surface area contributed by atoms with Gasteiger partial charge in [0.2, 0.25) is 5.92 Å². The van der Waals surface area contributed by atoms with Crippen molar-refractivity contribution in [2.45, 2.75) is 31.6 Å². The summed E-state index contributed by atoms with van der Waals surface area (Å²) in [7, 11) is 0. The molecule has 0 N–H and O–H groups in total. The van der Waals surface area contributed by atoms with Crippen molar-refractivity contribution in [3.63, 3.8) is 0 Å². The van der Waals surface area contributed by atoms with Crippen molar-refractivity contribution in [3.05, 3.63) is 0 Å². The molecule has 0 radical (unpaired) electrons. The van der Waals surface area contributed by atoms with Gasteiger partial charge in [-0.15, -0.1) is 0 Å². The number of ketones is 1. The van der Waals surface area contributed by atoms with Gasteiger partial charge in [0.1, 0.15) is 5.78 Å². The summed E-state index contributed by atoms with van der Waals surface area (Å²) in [5.41, 5.74) is 0. The third-order valence-electron chi connectivity index (χ3n) is 3.13. The summed E-state index contributed by atoms with van der Waals surface area (Å²) in [6, 6.07) is 0. The number of hydrogen-bond acceptors (Lipinski definition) is 2. The van der Waals surface area contributed by atoms with Crippen molar-refractivity contribution in [1.29, 1.82) is 0 Å². The number of hydrogen-bond donors (Lipinski definition) is 0. The van der Waals surface area contributed by atoms with Gasteiger partial charge in [-0.05, 0) is 12.3 Å². The molecule has 2 nitrogen and oxygen atoms in total. The Morgan fingerprint density at radius 3 is 2.79 bits per heavy atom. The quantitative estimate of drug-likeness (QED) is 0.680. The minimum Gasteiger partial charge on any atom is -0.298 e. The van der Waals surface area contributed by atoms with Gasteiger partial charge in [0.15, 0.2) is 0 Å². The molecule has 1 aliphatic heterocycles. The van der Waals surface area contributed by atoms with E-state index in [0.717, 1.165) is 6.54 Å². The van der Waals surface area contributed by atoms with Gasteiger partial charge < -0.3 is 0 Å². The third kappa shape index (κ3) is 2.29. The fraction of sp³-hybridized carbons (Fsp3) is 0.900. The van der Waals surface area contributed by atoms with Crippen LogP contribution in [0.5, 0.6) is 0 Å². The van der Waals surface area contributed by atoms with Gasteiger partial charge in [0.05, 0.1) is 6.54 Å². The summed E-state index contributed by atoms with van der Waals surface area (Å²) in [4.78, 5) is 13.0. The van der Waals surface area contributed by atoms with Crippen molar-refractivity contribution in [2.24, 2.45) is 5.92 Å². The van der Waals surface area contributed by atoms with Crippen LogP contribution in [0, 0.1) is 5.92 Å². The summed E-state index contributed by atoms with van der Waals surface area (Å²) in [5.74, 6) is -2.11. The number of alkyl halides is 2. The SMILES string of the molecule is O=C1CCN(CC2CCC(F)(F)C2)C1. The minimum atomic E-state index is -2.45. The molecule has 0 amide bonds. The van der Waals surface area contributed by atoms with Gasteiger partial charge in [0, 0.05) is 32.4 Å². The molecule has 1 atom stereocenters. The van der Waals surface area contributed by atoms with Crippen molar-refractivity contribution in [2.75, 3.05) is 19.6 Å². The number of nitrogens with zero attached hydrogens (tertiary/aromatic N) is 1. The van der Waals surface area contributed by atoms with Crippen LogP contribution in [0.1, 0.15) is 25.7 Å². The third-order valence-corrected chi connectivity index (χ3v) is 3.13. The second-order valence-electron chi connectivity index (χ2n) is 4.49. The molecule has 1 saturated heterocycles. The second-order valence-corrected chi connectivity index (χ2v) is 4.49. The molecule has 2 rings (SSSR count). The number of carbonyl (C=O) groups is 1. The zero-order valence-corrected chi connectivity index (χ0v) is 8.14. The van der Waals surface area contributed by atoms with Gasteiger partial charge in [-0.3, -0.25) is 9.69 Å². The number of halogens is 2. The number of likely N-dealkylation sites (tertiary alicyclic amines) is 1. The van der Waals surface area contributed by atoms with Gasteiger partial charge in [-0.25, -0.2) is 8.78 Å². The maximum absolute atomic E-state index is 12.9. The predicted octanol–water partition coefficient (Wildman–Crippen LogP) is 1.70. The first-order valence-corrected chi connectivity index (χ1v) is 5.17. The van der Waals surface area contributed by atoms with Crippen LogP contribution in [0.25, 0.3) is 0 Å². The molecular weight excluding hydrogens is 188 g/mol. The van der Waals surface area contributed by atoms with E-state index in [9.17, 15) is 13.6 Å². The largest absolute Gasteiger partial charge is 0.298 e. The van der Waals surface area contributed by atoms with E-state index in [2.05, 4.69) is 0 Å². The first-order valence-electron chi connectivity index (χ1n) is 5.17. The number of Topliss-reactive ketones (excluding diaryl/α,β-unsaturated/α-hetero) is 1. The first kappa shape index (κ1) is 10.0. The molecule has 0 aromatic rings. The summed E-state index contributed by atoms with van der Waals surface area (Å²) in [6.45, 7) is 1.92. The Labute approximate surface area is 82.3 Å². The molecule has 1 saturated carbocycles. The lowest BCUT2D eigenvalue weighted by Crippen LogP contribution is -2.27. The van der Waals surface area contributed by atoms with Gasteiger partial charge in [-0.2, -0.15) is 0 Å². The van der Waals surface area contributed by atoms with Gasteiger partial charge in [-0.1, -0.05) is 0 Å². The molecule has 1 aliphatic carbocycles. The van der Waals surface area contributed by atoms with Crippen molar-refractivity contribution in [3.8, 4) is 0 Å². The molecule has 1 heterocycles. The summed E-state index contributed by atoms with van der Waals surface area (Å²) >= 11 is 0. The number of carbonyl (C=O) groups excluding carboxylic acids is 1. The molecule has 2 aliphatic rings. The van der Waals surface area contributed by atoms with Crippen LogP contribution in [0.3, 0.4) is 0 Å². The molecule has 4 heteroatoms. The fourth-order valence-electron chi connectivity index (χ4n) is 2.41. The van der Waals surface area contributed by atoms with Crippen LogP contribution in [0.4, 0.5) is 8.78 Å². The van der Waals surface area contributed by atoms with Gasteiger partial charge in [0.25, 0.3) is 0 Å². The van der Waals surface area contributed by atoms with Crippen LogP contribution in [0.15, 0.2) is 0 Å². The maximum atomic E-state index is 12.9. The van der Waals surface area contributed by atoms with E-state index < -0.39 is 5.92 Å². The Balaban J connectivity index is 1.79. The molecule has 0 aromatic carbocycles. The van der Waals surface area contributed by atoms with Crippen molar-refractivity contribution < 1.29 is 13.6 Å². The maximum Gasteiger partial charge on any atom is 0.248 e. The molecule has 14 heavy (non-hydrogen) atoms. The molecule has 0 aromatic heterocycles. The van der Waals surface area contributed by atoms with Gasteiger partial charge >= 0.3 is 0 Å². The fourth-order valence-corrected chi connectivity index (χ4v) is 2.41. The lowest BCUT2D eigenvalue weighted by molar-refractivity contribution is -0.116. The molecule has 0 bridgehead atoms. The first-order chi connectivity index (χ1) is 6.55. The summed E-state index contributed by atoms with van der Waals surface area (Å²) in [5, 5.41) is 0. The normalized spacial score (nSPS) is 32.7. The van der Waals surface area contributed by atoms with E-state index in [4.69, 9.17) is 0 Å². The van der Waals surface area contributed by atoms with E-state index >= 15 is 0 Å². The highest BCUT2D eigenvalue weighted by atomic mass is 19.3. The topological polar surface area (TPSA) is 20.3 Å². The second kappa shape index (κ2) is 3.57. The van der Waals surface area contributed by atoms with Crippen molar-refractivity contribution >= 4 is 5.78 Å². The van der Waals surface area contributed by atoms with Crippen LogP contribution in [-0.4, -0.2) is 36.2 Å². The Hall–Kier alpha value is -0.510. The molecule has 2 fully saturated rings. The minimum absolute atomic E-state index is 0.0116. The Bertz CT molecular complexity index is 242. The smallest absolute Gasteiger partial charge is 0.248 e. The highest BCUT2D eigenvalue weighted by Crippen LogP contribution is 2.39. The Kier molecular flexibility index (Phi) is 2.56. The van der Waals surface area contributed by atoms with Crippen LogP contribution < -0.4 is 0 Å². The molecular formula is C10H15F2NO. The molecule has 80 valence electrons. The van der Waals surface area contributed by atoms with Crippen molar-refractivity contribution in [1.82, 2.24) is 4.90 Å². The zero-order chi connectivity index (χ0) is 10.2. The van der Waals surface area contributed by atoms with E-state index in [1.807, 2.05) is 4.90 Å². The van der Waals surface area contributed by atoms with E-state index in [1.54, 1.807) is 0 Å². The average molecular weight is 203 g/mol. The highest BCUT2D eigenvalue weighted by Gasteiger charge is 2.40. The molecule has 0 spiro atoms. The van der Waals surface area contributed by atoms with Crippen LogP contribution >= 0.6 is 0 Å². The lowest BCUT2D eigenvalue weighted by Gasteiger charge is -2.18. The van der Waals surface area contributed by atoms with E-state index in [1.165, 1.54) is 0 Å². The lowest BCUT2D eigenvalue weighted by atomic mass is 10.1. The molecule has 1 unspecified atom stereocenters. The highest BCUT2D eigenvalue weighted by molar-refractivity contribution is 5.82. The predicted molar refractivity (Wildman–Crippen MR) is 48.4 cm³/mol. The standard InChI is InChI=1S/C10H15F2NO/c11-10(12)3-1-8(5-10)6-13-4-2-9(14)7-13/h8H,1-7H2. The van der Waals surface area contributed by atoms with E-state index in [-0.39, 0.29) is 24.5 Å². The Morgan fingerprint density at radius 1 is 1.50 bits per heavy atom. The monoisotopic (exact) mass is 203 g/mol. The zero-order valence-electron chi connectivity index (χ0n) is 8.14. The van der Waals surface area contributed by atoms with Crippen LogP contribution in [-0.2, 0) is 4.79 Å². The number of rotatable bonds is 2. The summed E-state index contributed by atoms with van der Waals surface area (Å²) in [6.07, 6.45) is 1.25. The average Bonchev–Trinajstić information content (AvgIpc) is 2.59. The van der Waals surface area contributed by atoms with E-state index in [0.29, 0.717) is 25.9 Å². The Morgan fingerprint density at radius 2 is 2.29 bits per heavy atom. The van der Waals surface area contributed by atoms with Crippen LogP contribution in [0.2, 0.25) is 0 Å². The summed E-state index contributed by atoms with van der Waals surface area (Å²) < 4.78 is 25.7.